The first kappa shape index (κ1) is 12.3. The van der Waals surface area contributed by atoms with Gasteiger partial charge in [-0.15, -0.1) is 0 Å². The summed E-state index contributed by atoms with van der Waals surface area (Å²) in [6.45, 7) is 4.82. The van der Waals surface area contributed by atoms with E-state index in [0.717, 1.165) is 53.2 Å². The van der Waals surface area contributed by atoms with Crippen molar-refractivity contribution in [3.8, 4) is 5.75 Å². The number of fused-ring (bicyclic) bond motifs is 1. The molecule has 0 amide bonds. The third-order valence-corrected chi connectivity index (χ3v) is 2.95. The largest absolute Gasteiger partial charge is 0.493 e. The summed E-state index contributed by atoms with van der Waals surface area (Å²) >= 11 is 4.22. The molecule has 1 heterocycles. The number of ether oxygens (including phenoxy) is 1. The molecule has 17 heavy (non-hydrogen) atoms. The van der Waals surface area contributed by atoms with Crippen molar-refractivity contribution in [3.05, 3.63) is 23.4 Å². The number of benzene rings is 1. The monoisotopic (exact) mass is 251 g/mol. The molecule has 0 spiro atoms. The average molecular weight is 251 g/mol. The van der Waals surface area contributed by atoms with Gasteiger partial charge in [-0.2, -0.15) is 12.6 Å². The van der Waals surface area contributed by atoms with Crippen molar-refractivity contribution in [2.24, 2.45) is 0 Å². The van der Waals surface area contributed by atoms with Gasteiger partial charge < -0.3 is 9.26 Å². The maximum atomic E-state index is 5.66. The lowest BCUT2D eigenvalue weighted by Gasteiger charge is -2.07. The van der Waals surface area contributed by atoms with Crippen LogP contribution < -0.4 is 4.74 Å². The van der Waals surface area contributed by atoms with E-state index < -0.39 is 0 Å². The average Bonchev–Trinajstić information content (AvgIpc) is 2.73. The van der Waals surface area contributed by atoms with Crippen LogP contribution in [0.5, 0.6) is 5.75 Å². The standard InChI is InChI=1S/C13H17NO2S/c1-3-7-15-12-5-4-10-11(6-8-17)14-16-13(10)9(12)2/h4-5,17H,3,6-8H2,1-2H3. The fourth-order valence-electron chi connectivity index (χ4n) is 1.82. The van der Waals surface area contributed by atoms with Crippen LogP contribution in [0.25, 0.3) is 11.0 Å². The fourth-order valence-corrected chi connectivity index (χ4v) is 2.03. The molecule has 0 aliphatic carbocycles. The molecule has 0 radical (unpaired) electrons. The first-order chi connectivity index (χ1) is 8.27. The van der Waals surface area contributed by atoms with Crippen molar-refractivity contribution < 1.29 is 9.26 Å². The summed E-state index contributed by atoms with van der Waals surface area (Å²) in [4.78, 5) is 0. The zero-order valence-electron chi connectivity index (χ0n) is 10.2. The Balaban J connectivity index is 2.39. The molecular weight excluding hydrogens is 234 g/mol. The summed E-state index contributed by atoms with van der Waals surface area (Å²) in [5.74, 6) is 1.65. The smallest absolute Gasteiger partial charge is 0.173 e. The van der Waals surface area contributed by atoms with Crippen LogP contribution in [0.4, 0.5) is 0 Å². The molecular formula is C13H17NO2S. The Bertz CT molecular complexity index is 507. The number of aryl methyl sites for hydroxylation is 2. The first-order valence-corrected chi connectivity index (χ1v) is 6.52. The molecule has 0 atom stereocenters. The Morgan fingerprint density at radius 3 is 2.94 bits per heavy atom. The van der Waals surface area contributed by atoms with Gasteiger partial charge in [0, 0.05) is 17.4 Å². The molecule has 0 aliphatic heterocycles. The van der Waals surface area contributed by atoms with Crippen molar-refractivity contribution in [2.75, 3.05) is 12.4 Å². The summed E-state index contributed by atoms with van der Waals surface area (Å²) < 4.78 is 11.0. The molecule has 0 N–H and O–H groups in total. The highest BCUT2D eigenvalue weighted by molar-refractivity contribution is 7.80. The number of aromatic nitrogens is 1. The topological polar surface area (TPSA) is 35.3 Å². The third-order valence-electron chi connectivity index (χ3n) is 2.72. The summed E-state index contributed by atoms with van der Waals surface area (Å²) in [6.07, 6.45) is 1.82. The van der Waals surface area contributed by atoms with Crippen LogP contribution in [0.15, 0.2) is 16.7 Å². The summed E-state index contributed by atoms with van der Waals surface area (Å²) in [6, 6.07) is 4.01. The lowest BCUT2D eigenvalue weighted by atomic mass is 10.1. The van der Waals surface area contributed by atoms with Crippen molar-refractivity contribution in [2.45, 2.75) is 26.7 Å². The number of thiol groups is 1. The molecule has 0 saturated heterocycles. The molecule has 3 nitrogen and oxygen atoms in total. The van der Waals surface area contributed by atoms with E-state index in [1.165, 1.54) is 0 Å². The number of hydrogen-bond donors (Lipinski definition) is 1. The van der Waals surface area contributed by atoms with E-state index in [1.807, 2.05) is 19.1 Å². The highest BCUT2D eigenvalue weighted by Gasteiger charge is 2.12. The van der Waals surface area contributed by atoms with Crippen molar-refractivity contribution >= 4 is 23.6 Å². The quantitative estimate of drug-likeness (QED) is 0.827. The molecule has 1 aromatic carbocycles. The van der Waals surface area contributed by atoms with Crippen LogP contribution in [-0.2, 0) is 6.42 Å². The highest BCUT2D eigenvalue weighted by Crippen LogP contribution is 2.29. The maximum absolute atomic E-state index is 5.66. The van der Waals surface area contributed by atoms with Crippen LogP contribution in [0.1, 0.15) is 24.6 Å². The Morgan fingerprint density at radius 2 is 2.24 bits per heavy atom. The Labute approximate surface area is 107 Å². The Kier molecular flexibility index (Phi) is 3.94. The van der Waals surface area contributed by atoms with Gasteiger partial charge in [0.2, 0.25) is 0 Å². The summed E-state index contributed by atoms with van der Waals surface area (Å²) in [7, 11) is 0. The molecule has 0 bridgehead atoms. The van der Waals surface area contributed by atoms with Gasteiger partial charge in [-0.1, -0.05) is 12.1 Å². The van der Waals surface area contributed by atoms with Gasteiger partial charge >= 0.3 is 0 Å². The van der Waals surface area contributed by atoms with Crippen molar-refractivity contribution in [1.29, 1.82) is 0 Å². The highest BCUT2D eigenvalue weighted by atomic mass is 32.1. The van der Waals surface area contributed by atoms with Crippen LogP contribution in [0, 0.1) is 6.92 Å². The maximum Gasteiger partial charge on any atom is 0.173 e. The summed E-state index contributed by atoms with van der Waals surface area (Å²) in [5, 5.41) is 5.16. The van der Waals surface area contributed by atoms with Crippen molar-refractivity contribution in [1.82, 2.24) is 5.16 Å². The minimum Gasteiger partial charge on any atom is -0.493 e. The number of hydrogen-bond acceptors (Lipinski definition) is 4. The molecule has 2 aromatic rings. The van der Waals surface area contributed by atoms with Gasteiger partial charge in [0.1, 0.15) is 5.75 Å². The van der Waals surface area contributed by atoms with E-state index in [0.29, 0.717) is 0 Å². The molecule has 0 unspecified atom stereocenters. The lowest BCUT2D eigenvalue weighted by molar-refractivity contribution is 0.315. The minimum absolute atomic E-state index is 0.726. The van der Waals surface area contributed by atoms with E-state index in [9.17, 15) is 0 Å². The predicted octanol–water partition coefficient (Wildman–Crippen LogP) is 3.40. The van der Waals surface area contributed by atoms with Gasteiger partial charge in [0.15, 0.2) is 5.58 Å². The molecule has 0 aliphatic rings. The predicted molar refractivity (Wildman–Crippen MR) is 72.1 cm³/mol. The van der Waals surface area contributed by atoms with E-state index in [1.54, 1.807) is 0 Å². The van der Waals surface area contributed by atoms with E-state index in [-0.39, 0.29) is 0 Å². The van der Waals surface area contributed by atoms with Gasteiger partial charge in [0.05, 0.1) is 12.3 Å². The molecule has 1 aromatic heterocycles. The normalized spacial score (nSPS) is 11.0. The van der Waals surface area contributed by atoms with Crippen LogP contribution in [0.2, 0.25) is 0 Å². The zero-order chi connectivity index (χ0) is 12.3. The van der Waals surface area contributed by atoms with E-state index >= 15 is 0 Å². The van der Waals surface area contributed by atoms with Crippen LogP contribution in [0.3, 0.4) is 0 Å². The summed E-state index contributed by atoms with van der Waals surface area (Å²) in [5.41, 5.74) is 2.82. The SMILES string of the molecule is CCCOc1ccc2c(CCS)noc2c1C. The van der Waals surface area contributed by atoms with Gasteiger partial charge in [-0.3, -0.25) is 0 Å². The van der Waals surface area contributed by atoms with Crippen LogP contribution in [-0.4, -0.2) is 17.5 Å². The first-order valence-electron chi connectivity index (χ1n) is 5.89. The van der Waals surface area contributed by atoms with E-state index in [2.05, 4.69) is 24.7 Å². The lowest BCUT2D eigenvalue weighted by Crippen LogP contribution is -1.97. The molecule has 92 valence electrons. The van der Waals surface area contributed by atoms with Gasteiger partial charge in [0.25, 0.3) is 0 Å². The second-order valence-electron chi connectivity index (χ2n) is 4.02. The molecule has 0 fully saturated rings. The number of rotatable bonds is 5. The number of nitrogens with zero attached hydrogens (tertiary/aromatic N) is 1. The van der Waals surface area contributed by atoms with Gasteiger partial charge in [-0.05, 0) is 31.2 Å². The Hall–Kier alpha value is -1.16. The van der Waals surface area contributed by atoms with E-state index in [4.69, 9.17) is 9.26 Å². The van der Waals surface area contributed by atoms with Crippen LogP contribution >= 0.6 is 12.6 Å². The zero-order valence-corrected chi connectivity index (χ0v) is 11.1. The second-order valence-corrected chi connectivity index (χ2v) is 4.46. The molecule has 4 heteroatoms. The third kappa shape index (κ3) is 2.41. The van der Waals surface area contributed by atoms with Gasteiger partial charge in [-0.25, -0.2) is 0 Å². The second kappa shape index (κ2) is 5.45. The minimum atomic E-state index is 0.726. The fraction of sp³-hybridized carbons (Fsp3) is 0.462. The molecule has 0 saturated carbocycles. The van der Waals surface area contributed by atoms with Crippen molar-refractivity contribution in [3.63, 3.8) is 0 Å². The Morgan fingerprint density at radius 1 is 1.41 bits per heavy atom. The molecule has 2 rings (SSSR count).